The molecule has 0 aliphatic carbocycles. The molecule has 0 saturated carbocycles. The topological polar surface area (TPSA) is 51.5 Å². The number of aromatic carboxylic acids is 1. The number of hydrogen-bond acceptors (Lipinski definition) is 2. The van der Waals surface area contributed by atoms with Crippen LogP contribution >= 0.6 is 0 Å². The van der Waals surface area contributed by atoms with Crippen LogP contribution in [0.4, 0.5) is 0 Å². The maximum atomic E-state index is 11.0. The van der Waals surface area contributed by atoms with E-state index in [9.17, 15) is 4.79 Å². The molecule has 4 heteroatoms. The lowest BCUT2D eigenvalue weighted by Crippen LogP contribution is -2.02. The van der Waals surface area contributed by atoms with E-state index in [0.717, 1.165) is 16.5 Å². The first kappa shape index (κ1) is 12.6. The molecule has 18 heavy (non-hydrogen) atoms. The summed E-state index contributed by atoms with van der Waals surface area (Å²) in [5, 5.41) is 9.96. The Morgan fingerprint density at radius 1 is 1.44 bits per heavy atom. The van der Waals surface area contributed by atoms with Crippen LogP contribution in [-0.4, -0.2) is 21.7 Å². The van der Waals surface area contributed by atoms with Crippen LogP contribution in [0.15, 0.2) is 24.4 Å². The van der Waals surface area contributed by atoms with Crippen molar-refractivity contribution in [3.8, 4) is 0 Å². The van der Waals surface area contributed by atoms with Gasteiger partial charge in [-0.05, 0) is 32.0 Å². The van der Waals surface area contributed by atoms with Crippen molar-refractivity contribution < 1.29 is 14.6 Å². The molecule has 96 valence electrons. The number of rotatable bonds is 4. The number of nitrogens with zero attached hydrogens (tertiary/aromatic N) is 1. The summed E-state index contributed by atoms with van der Waals surface area (Å²) in [5.41, 5.74) is 2.34. The lowest BCUT2D eigenvalue weighted by molar-refractivity contribution is 0.0662. The van der Waals surface area contributed by atoms with Crippen LogP contribution in [0.5, 0.6) is 0 Å². The highest BCUT2D eigenvalue weighted by molar-refractivity contribution is 5.94. The Balaban J connectivity index is 2.45. The molecule has 1 aromatic carbocycles. The maximum absolute atomic E-state index is 11.0. The molecule has 1 aromatic heterocycles. The van der Waals surface area contributed by atoms with Gasteiger partial charge in [0.15, 0.2) is 0 Å². The highest BCUT2D eigenvalue weighted by Gasteiger charge is 2.10. The Morgan fingerprint density at radius 2 is 2.17 bits per heavy atom. The first-order chi connectivity index (χ1) is 8.49. The molecule has 0 unspecified atom stereocenters. The van der Waals surface area contributed by atoms with Gasteiger partial charge in [0.05, 0.1) is 18.3 Å². The normalized spacial score (nSPS) is 11.3. The molecule has 1 heterocycles. The molecule has 0 fully saturated rings. The predicted molar refractivity (Wildman–Crippen MR) is 69.8 cm³/mol. The molecule has 2 aromatic rings. The summed E-state index contributed by atoms with van der Waals surface area (Å²) in [6.07, 6.45) is 2.14. The van der Waals surface area contributed by atoms with Crippen molar-refractivity contribution >= 4 is 16.9 Å². The molecule has 2 rings (SSSR count). The third-order valence-electron chi connectivity index (χ3n) is 2.89. The van der Waals surface area contributed by atoms with E-state index in [4.69, 9.17) is 9.84 Å². The zero-order valence-electron chi connectivity index (χ0n) is 10.8. The van der Waals surface area contributed by atoms with E-state index >= 15 is 0 Å². The summed E-state index contributed by atoms with van der Waals surface area (Å²) in [7, 11) is 1.95. The lowest BCUT2D eigenvalue weighted by Gasteiger charge is -2.06. The van der Waals surface area contributed by atoms with Gasteiger partial charge in [-0.15, -0.1) is 0 Å². The van der Waals surface area contributed by atoms with Gasteiger partial charge in [-0.3, -0.25) is 0 Å². The van der Waals surface area contributed by atoms with E-state index in [2.05, 4.69) is 0 Å². The predicted octanol–water partition coefficient (Wildman–Crippen LogP) is 2.80. The number of fused-ring (bicyclic) bond motifs is 1. The average molecular weight is 247 g/mol. The fourth-order valence-corrected chi connectivity index (χ4v) is 1.98. The summed E-state index contributed by atoms with van der Waals surface area (Å²) in [4.78, 5) is 11.0. The van der Waals surface area contributed by atoms with Gasteiger partial charge >= 0.3 is 5.97 Å². The number of aromatic nitrogens is 1. The zero-order valence-corrected chi connectivity index (χ0v) is 10.8. The highest BCUT2D eigenvalue weighted by Crippen LogP contribution is 2.23. The largest absolute Gasteiger partial charge is 0.478 e. The molecule has 0 amide bonds. The minimum absolute atomic E-state index is 0.155. The summed E-state index contributed by atoms with van der Waals surface area (Å²) >= 11 is 0. The summed E-state index contributed by atoms with van der Waals surface area (Å²) in [6, 6.07) is 5.16. The van der Waals surface area contributed by atoms with Crippen LogP contribution in [0.1, 0.15) is 29.8 Å². The third-order valence-corrected chi connectivity index (χ3v) is 2.89. The molecule has 1 N–H and O–H groups in total. The van der Waals surface area contributed by atoms with Gasteiger partial charge in [0.25, 0.3) is 0 Å². The maximum Gasteiger partial charge on any atom is 0.335 e. The van der Waals surface area contributed by atoms with Crippen molar-refractivity contribution in [3.63, 3.8) is 0 Å². The SMILES string of the molecule is CC(C)OCc1cn(C)c2ccc(C(=O)O)cc12. The Morgan fingerprint density at radius 3 is 2.78 bits per heavy atom. The van der Waals surface area contributed by atoms with E-state index in [-0.39, 0.29) is 6.10 Å². The van der Waals surface area contributed by atoms with E-state index in [1.54, 1.807) is 12.1 Å². The van der Waals surface area contributed by atoms with Crippen molar-refractivity contribution in [2.45, 2.75) is 26.6 Å². The van der Waals surface area contributed by atoms with Crippen LogP contribution in [0.25, 0.3) is 10.9 Å². The Hall–Kier alpha value is -1.81. The molecule has 0 saturated heterocycles. The summed E-state index contributed by atoms with van der Waals surface area (Å²) < 4.78 is 7.58. The first-order valence-corrected chi connectivity index (χ1v) is 5.92. The van der Waals surface area contributed by atoms with Gasteiger partial charge in [-0.1, -0.05) is 0 Å². The van der Waals surface area contributed by atoms with E-state index in [1.807, 2.05) is 37.7 Å². The summed E-state index contributed by atoms with van der Waals surface area (Å²) in [6.45, 7) is 4.46. The van der Waals surface area contributed by atoms with Gasteiger partial charge < -0.3 is 14.4 Å². The Bertz CT molecular complexity index is 584. The molecule has 0 aliphatic rings. The van der Waals surface area contributed by atoms with Crippen LogP contribution in [0.3, 0.4) is 0 Å². The molecule has 0 bridgehead atoms. The zero-order chi connectivity index (χ0) is 13.3. The number of hydrogen-bond donors (Lipinski definition) is 1. The standard InChI is InChI=1S/C14H17NO3/c1-9(2)18-8-11-7-15(3)13-5-4-10(14(16)17)6-12(11)13/h4-7,9H,8H2,1-3H3,(H,16,17). The number of aryl methyl sites for hydroxylation is 1. The van der Waals surface area contributed by atoms with Crippen molar-refractivity contribution in [1.82, 2.24) is 4.57 Å². The number of carboxylic acids is 1. The molecule has 0 atom stereocenters. The van der Waals surface area contributed by atoms with Crippen molar-refractivity contribution in [2.75, 3.05) is 0 Å². The van der Waals surface area contributed by atoms with Crippen molar-refractivity contribution in [2.24, 2.45) is 7.05 Å². The second-order valence-corrected chi connectivity index (χ2v) is 4.66. The highest BCUT2D eigenvalue weighted by atomic mass is 16.5. The minimum atomic E-state index is -0.906. The van der Waals surface area contributed by atoms with Gasteiger partial charge in [0.1, 0.15) is 0 Å². The fourth-order valence-electron chi connectivity index (χ4n) is 1.98. The van der Waals surface area contributed by atoms with Gasteiger partial charge in [-0.2, -0.15) is 0 Å². The van der Waals surface area contributed by atoms with Crippen LogP contribution in [0, 0.1) is 0 Å². The molecule has 0 spiro atoms. The molecular formula is C14H17NO3. The monoisotopic (exact) mass is 247 g/mol. The molecular weight excluding hydrogens is 230 g/mol. The molecule has 4 nitrogen and oxygen atoms in total. The van der Waals surface area contributed by atoms with E-state index < -0.39 is 5.97 Å². The Kier molecular flexibility index (Phi) is 3.39. The Labute approximate surface area is 106 Å². The fraction of sp³-hybridized carbons (Fsp3) is 0.357. The third kappa shape index (κ3) is 2.38. The summed E-state index contributed by atoms with van der Waals surface area (Å²) in [5.74, 6) is -0.906. The van der Waals surface area contributed by atoms with Crippen molar-refractivity contribution in [1.29, 1.82) is 0 Å². The minimum Gasteiger partial charge on any atom is -0.478 e. The second-order valence-electron chi connectivity index (χ2n) is 4.66. The molecule has 0 aliphatic heterocycles. The van der Waals surface area contributed by atoms with Crippen LogP contribution < -0.4 is 0 Å². The smallest absolute Gasteiger partial charge is 0.335 e. The quantitative estimate of drug-likeness (QED) is 0.903. The number of ether oxygens (including phenoxy) is 1. The van der Waals surface area contributed by atoms with Crippen LogP contribution in [-0.2, 0) is 18.4 Å². The number of benzene rings is 1. The van der Waals surface area contributed by atoms with Crippen molar-refractivity contribution in [3.05, 3.63) is 35.5 Å². The first-order valence-electron chi connectivity index (χ1n) is 5.92. The number of carboxylic acid groups (broad SMARTS) is 1. The van der Waals surface area contributed by atoms with E-state index in [0.29, 0.717) is 12.2 Å². The van der Waals surface area contributed by atoms with Crippen LogP contribution in [0.2, 0.25) is 0 Å². The molecule has 0 radical (unpaired) electrons. The van der Waals surface area contributed by atoms with Gasteiger partial charge in [-0.25, -0.2) is 4.79 Å². The number of carbonyl (C=O) groups is 1. The van der Waals surface area contributed by atoms with E-state index in [1.165, 1.54) is 0 Å². The van der Waals surface area contributed by atoms with Gasteiger partial charge in [0, 0.05) is 29.7 Å². The average Bonchev–Trinajstić information content (AvgIpc) is 2.63. The van der Waals surface area contributed by atoms with Gasteiger partial charge in [0.2, 0.25) is 0 Å². The second kappa shape index (κ2) is 4.82. The lowest BCUT2D eigenvalue weighted by atomic mass is 10.1.